The summed E-state index contributed by atoms with van der Waals surface area (Å²) < 4.78 is 33.1. The highest BCUT2D eigenvalue weighted by Crippen LogP contribution is 2.31. The van der Waals surface area contributed by atoms with E-state index in [2.05, 4.69) is 10.2 Å². The molecule has 3 aromatic carbocycles. The fourth-order valence-corrected chi connectivity index (χ4v) is 4.76. The number of nitrogens with zero attached hydrogens (tertiary/aromatic N) is 2. The molecule has 0 radical (unpaired) electrons. The van der Waals surface area contributed by atoms with Crippen LogP contribution >= 0.6 is 11.6 Å². The van der Waals surface area contributed by atoms with Gasteiger partial charge in [0.05, 0.1) is 24.3 Å². The Balaban J connectivity index is 1.89. The van der Waals surface area contributed by atoms with Gasteiger partial charge in [0.2, 0.25) is 5.91 Å². The van der Waals surface area contributed by atoms with E-state index in [1.54, 1.807) is 44.4 Å². The molecule has 3 aromatic rings. The number of carbonyl (C=O) groups is 1. The first-order valence-electron chi connectivity index (χ1n) is 9.91. The van der Waals surface area contributed by atoms with Crippen molar-refractivity contribution in [1.29, 1.82) is 0 Å². The maximum atomic E-state index is 13.5. The normalized spacial score (nSPS) is 10.8. The molecule has 0 spiro atoms. The second-order valence-corrected chi connectivity index (χ2v) is 9.40. The smallest absolute Gasteiger partial charge is 0.264 e. The van der Waals surface area contributed by atoms with Crippen LogP contribution in [0.25, 0.3) is 4.85 Å². The van der Waals surface area contributed by atoms with Gasteiger partial charge < -0.3 is 10.1 Å². The number of rotatable bonds is 8. The predicted octanol–water partition coefficient (Wildman–Crippen LogP) is 4.72. The second kappa shape index (κ2) is 10.4. The Morgan fingerprint density at radius 2 is 1.76 bits per heavy atom. The highest BCUT2D eigenvalue weighted by atomic mass is 35.5. The van der Waals surface area contributed by atoms with E-state index in [0.29, 0.717) is 27.7 Å². The zero-order valence-corrected chi connectivity index (χ0v) is 19.7. The average molecular weight is 484 g/mol. The van der Waals surface area contributed by atoms with Crippen LogP contribution in [-0.4, -0.2) is 28.0 Å². The van der Waals surface area contributed by atoms with E-state index >= 15 is 0 Å². The first-order chi connectivity index (χ1) is 15.8. The average Bonchev–Trinajstić information content (AvgIpc) is 2.83. The van der Waals surface area contributed by atoms with Gasteiger partial charge in [0.15, 0.2) is 5.69 Å². The number of halogens is 1. The Bertz CT molecular complexity index is 1280. The fourth-order valence-electron chi connectivity index (χ4n) is 3.12. The minimum atomic E-state index is -4.11. The Morgan fingerprint density at radius 1 is 1.09 bits per heavy atom. The molecule has 33 heavy (non-hydrogen) atoms. The number of carbonyl (C=O) groups excluding carboxylic acids is 1. The molecule has 0 saturated heterocycles. The van der Waals surface area contributed by atoms with Gasteiger partial charge in [-0.3, -0.25) is 9.10 Å². The van der Waals surface area contributed by atoms with E-state index in [-0.39, 0.29) is 11.4 Å². The molecule has 0 saturated carbocycles. The van der Waals surface area contributed by atoms with Gasteiger partial charge in [-0.25, -0.2) is 13.3 Å². The number of methoxy groups -OCH3 is 1. The maximum Gasteiger partial charge on any atom is 0.264 e. The van der Waals surface area contributed by atoms with E-state index in [1.165, 1.54) is 24.3 Å². The Morgan fingerprint density at radius 3 is 2.36 bits per heavy atom. The molecular formula is C24H22ClN3O4S. The molecule has 170 valence electrons. The Hall–Kier alpha value is -3.54. The van der Waals surface area contributed by atoms with Gasteiger partial charge in [-0.05, 0) is 42.3 Å². The van der Waals surface area contributed by atoms with Gasteiger partial charge in [0, 0.05) is 11.6 Å². The van der Waals surface area contributed by atoms with Crippen molar-refractivity contribution in [3.63, 3.8) is 0 Å². The summed E-state index contributed by atoms with van der Waals surface area (Å²) >= 11 is 6.23. The summed E-state index contributed by atoms with van der Waals surface area (Å²) in [7, 11) is -2.54. The molecular weight excluding hydrogens is 462 g/mol. The molecule has 3 rings (SSSR count). The molecule has 0 aliphatic rings. The highest BCUT2D eigenvalue weighted by molar-refractivity contribution is 7.92. The van der Waals surface area contributed by atoms with E-state index < -0.39 is 22.5 Å². The molecule has 0 aliphatic carbocycles. The number of amides is 1. The van der Waals surface area contributed by atoms with Gasteiger partial charge in [-0.1, -0.05) is 54.1 Å². The van der Waals surface area contributed by atoms with Gasteiger partial charge in [0.1, 0.15) is 12.3 Å². The summed E-state index contributed by atoms with van der Waals surface area (Å²) in [6, 6.07) is 17.6. The molecule has 0 aliphatic heterocycles. The van der Waals surface area contributed by atoms with Gasteiger partial charge in [-0.15, -0.1) is 0 Å². The van der Waals surface area contributed by atoms with Crippen LogP contribution in [0.5, 0.6) is 5.75 Å². The zero-order valence-electron chi connectivity index (χ0n) is 18.1. The van der Waals surface area contributed by atoms with Crippen LogP contribution < -0.4 is 14.4 Å². The van der Waals surface area contributed by atoms with Crippen molar-refractivity contribution in [2.75, 3.05) is 18.0 Å². The van der Waals surface area contributed by atoms with E-state index in [9.17, 15) is 13.2 Å². The van der Waals surface area contributed by atoms with Gasteiger partial charge in [-0.2, -0.15) is 0 Å². The molecule has 0 fully saturated rings. The fraction of sp³-hybridized carbons (Fsp3) is 0.167. The third-order valence-electron chi connectivity index (χ3n) is 5.00. The van der Waals surface area contributed by atoms with Crippen molar-refractivity contribution in [3.05, 3.63) is 94.3 Å². The molecule has 1 amide bonds. The minimum absolute atomic E-state index is 0.0303. The van der Waals surface area contributed by atoms with Crippen LogP contribution in [-0.2, 0) is 21.4 Å². The molecule has 1 N–H and O–H groups in total. The first-order valence-corrected chi connectivity index (χ1v) is 11.7. The SMILES string of the molecule is [C-]#[N+]c1ccc(S(=O)(=O)N(CC(=O)NCc2ccc(OC)cc2)c2cccc(Cl)c2C)cc1. The zero-order chi connectivity index (χ0) is 24.0. The van der Waals surface area contributed by atoms with Gasteiger partial charge >= 0.3 is 0 Å². The highest BCUT2D eigenvalue weighted by Gasteiger charge is 2.28. The lowest BCUT2D eigenvalue weighted by Crippen LogP contribution is -2.41. The van der Waals surface area contributed by atoms with Crippen molar-refractivity contribution < 1.29 is 17.9 Å². The van der Waals surface area contributed by atoms with Crippen LogP contribution in [0.15, 0.2) is 71.6 Å². The Kier molecular flexibility index (Phi) is 7.59. The van der Waals surface area contributed by atoms with Crippen LogP contribution in [0.4, 0.5) is 11.4 Å². The van der Waals surface area contributed by atoms with Crippen molar-refractivity contribution in [2.24, 2.45) is 0 Å². The number of nitrogens with one attached hydrogen (secondary N) is 1. The number of sulfonamides is 1. The maximum absolute atomic E-state index is 13.5. The molecule has 7 nitrogen and oxygen atoms in total. The van der Waals surface area contributed by atoms with Crippen LogP contribution in [0.2, 0.25) is 5.02 Å². The lowest BCUT2D eigenvalue weighted by molar-refractivity contribution is -0.119. The molecule has 0 unspecified atom stereocenters. The molecule has 0 bridgehead atoms. The molecule has 0 heterocycles. The second-order valence-electron chi connectivity index (χ2n) is 7.13. The minimum Gasteiger partial charge on any atom is -0.497 e. The summed E-state index contributed by atoms with van der Waals surface area (Å²) in [6.45, 7) is 8.54. The standard InChI is InChI=1S/C24H22ClN3O4S/c1-17-22(25)5-4-6-23(17)28(33(30,31)21-13-9-19(26-2)10-14-21)16-24(29)27-15-18-7-11-20(32-3)12-8-18/h4-14H,15-16H2,1,3H3,(H,27,29). The lowest BCUT2D eigenvalue weighted by Gasteiger charge is -2.26. The van der Waals surface area contributed by atoms with Crippen molar-refractivity contribution in [1.82, 2.24) is 5.32 Å². The van der Waals surface area contributed by atoms with Gasteiger partial charge in [0.25, 0.3) is 10.0 Å². The summed E-state index contributed by atoms with van der Waals surface area (Å²) in [6.07, 6.45) is 0. The summed E-state index contributed by atoms with van der Waals surface area (Å²) in [5.74, 6) is 0.217. The summed E-state index contributed by atoms with van der Waals surface area (Å²) in [5.41, 5.74) is 1.99. The third-order valence-corrected chi connectivity index (χ3v) is 7.18. The van der Waals surface area contributed by atoms with Crippen molar-refractivity contribution >= 4 is 38.9 Å². The quantitative estimate of drug-likeness (QED) is 0.470. The van der Waals surface area contributed by atoms with Crippen LogP contribution in [0.3, 0.4) is 0 Å². The first kappa shape index (κ1) is 24.1. The number of ether oxygens (including phenoxy) is 1. The lowest BCUT2D eigenvalue weighted by atomic mass is 10.2. The van der Waals surface area contributed by atoms with E-state index in [1.807, 2.05) is 12.1 Å². The third kappa shape index (κ3) is 5.64. The number of benzene rings is 3. The number of hydrogen-bond acceptors (Lipinski definition) is 4. The van der Waals surface area contributed by atoms with Crippen LogP contribution in [0.1, 0.15) is 11.1 Å². The monoisotopic (exact) mass is 483 g/mol. The topological polar surface area (TPSA) is 80.1 Å². The summed E-state index contributed by atoms with van der Waals surface area (Å²) in [4.78, 5) is 16.0. The van der Waals surface area contributed by atoms with Crippen molar-refractivity contribution in [3.8, 4) is 5.75 Å². The molecule has 9 heteroatoms. The summed E-state index contributed by atoms with van der Waals surface area (Å²) in [5, 5.41) is 3.14. The van der Waals surface area contributed by atoms with Crippen LogP contribution in [0, 0.1) is 13.5 Å². The predicted molar refractivity (Wildman–Crippen MR) is 128 cm³/mol. The Labute approximate surface area is 198 Å². The molecule has 0 aromatic heterocycles. The van der Waals surface area contributed by atoms with E-state index in [0.717, 1.165) is 9.87 Å². The number of anilines is 1. The van der Waals surface area contributed by atoms with E-state index in [4.69, 9.17) is 22.9 Å². The van der Waals surface area contributed by atoms with Crippen molar-refractivity contribution in [2.45, 2.75) is 18.4 Å². The molecule has 0 atom stereocenters. The number of hydrogen-bond donors (Lipinski definition) is 1. The largest absolute Gasteiger partial charge is 0.497 e.